The number of para-hydroxylation sites is 1. The molecule has 0 radical (unpaired) electrons. The van der Waals surface area contributed by atoms with Crippen LogP contribution in [0.1, 0.15) is 55.0 Å². The SMILES string of the molecule is N=C(N)c1cccc(-c2ccc3c(c2)c(COc2ccccc2CC(=O)O)nn3C2CCCCC2)c1. The molecule has 1 aliphatic rings. The molecule has 0 aliphatic heterocycles. The van der Waals surface area contributed by atoms with Crippen LogP contribution in [0.25, 0.3) is 22.0 Å². The predicted molar refractivity (Wildman–Crippen MR) is 140 cm³/mol. The molecule has 1 aliphatic carbocycles. The number of carboxylic acids is 1. The lowest BCUT2D eigenvalue weighted by Gasteiger charge is -2.22. The summed E-state index contributed by atoms with van der Waals surface area (Å²) in [6.45, 7) is 0.240. The average molecular weight is 483 g/mol. The number of aromatic nitrogens is 2. The lowest BCUT2D eigenvalue weighted by Crippen LogP contribution is -2.14. The molecule has 184 valence electrons. The molecule has 0 saturated heterocycles. The van der Waals surface area contributed by atoms with Gasteiger partial charge in [0.2, 0.25) is 0 Å². The van der Waals surface area contributed by atoms with Gasteiger partial charge in [-0.25, -0.2) is 0 Å². The Morgan fingerprint density at radius 2 is 1.81 bits per heavy atom. The highest BCUT2D eigenvalue weighted by molar-refractivity contribution is 5.96. The summed E-state index contributed by atoms with van der Waals surface area (Å²) in [6, 6.07) is 21.6. The van der Waals surface area contributed by atoms with Crippen molar-refractivity contribution in [2.45, 2.75) is 51.2 Å². The molecule has 0 unspecified atom stereocenters. The zero-order valence-electron chi connectivity index (χ0n) is 20.1. The first-order valence-corrected chi connectivity index (χ1v) is 12.4. The molecular weight excluding hydrogens is 452 g/mol. The van der Waals surface area contributed by atoms with Gasteiger partial charge < -0.3 is 15.6 Å². The number of rotatable bonds is 8. The maximum atomic E-state index is 11.3. The Balaban J connectivity index is 1.53. The second kappa shape index (κ2) is 10.2. The minimum atomic E-state index is -0.893. The van der Waals surface area contributed by atoms with Gasteiger partial charge in [-0.1, -0.05) is 61.7 Å². The van der Waals surface area contributed by atoms with Gasteiger partial charge in [-0.2, -0.15) is 5.10 Å². The Hall–Kier alpha value is -4.13. The number of hydrogen-bond donors (Lipinski definition) is 3. The van der Waals surface area contributed by atoms with Crippen LogP contribution in [-0.2, 0) is 17.8 Å². The fourth-order valence-electron chi connectivity index (χ4n) is 5.06. The third-order valence-electron chi connectivity index (χ3n) is 6.89. The summed E-state index contributed by atoms with van der Waals surface area (Å²) in [6.07, 6.45) is 5.81. The highest BCUT2D eigenvalue weighted by Crippen LogP contribution is 2.34. The average Bonchev–Trinajstić information content (AvgIpc) is 3.26. The van der Waals surface area contributed by atoms with Crippen molar-refractivity contribution in [2.24, 2.45) is 5.73 Å². The number of nitrogen functional groups attached to an aromatic ring is 1. The minimum Gasteiger partial charge on any atom is -0.487 e. The third kappa shape index (κ3) is 4.96. The molecule has 36 heavy (non-hydrogen) atoms. The first kappa shape index (κ1) is 23.6. The van der Waals surface area contributed by atoms with Gasteiger partial charge in [-0.3, -0.25) is 14.9 Å². The molecule has 0 bridgehead atoms. The normalized spacial score (nSPS) is 14.1. The molecule has 5 rings (SSSR count). The first-order chi connectivity index (χ1) is 17.5. The van der Waals surface area contributed by atoms with Gasteiger partial charge in [0.15, 0.2) is 0 Å². The number of nitrogens with one attached hydrogen (secondary N) is 1. The number of carboxylic acid groups (broad SMARTS) is 1. The molecule has 4 aromatic rings. The van der Waals surface area contributed by atoms with Crippen LogP contribution in [0, 0.1) is 5.41 Å². The van der Waals surface area contributed by atoms with Crippen molar-refractivity contribution in [1.29, 1.82) is 5.41 Å². The fourth-order valence-corrected chi connectivity index (χ4v) is 5.06. The lowest BCUT2D eigenvalue weighted by molar-refractivity contribution is -0.136. The van der Waals surface area contributed by atoms with E-state index >= 15 is 0 Å². The van der Waals surface area contributed by atoms with Crippen LogP contribution in [0.4, 0.5) is 0 Å². The molecular formula is C29H30N4O3. The molecule has 7 heteroatoms. The van der Waals surface area contributed by atoms with E-state index in [1.165, 1.54) is 19.3 Å². The fraction of sp³-hybridized carbons (Fsp3) is 0.276. The van der Waals surface area contributed by atoms with E-state index < -0.39 is 5.97 Å². The van der Waals surface area contributed by atoms with Crippen molar-refractivity contribution in [3.63, 3.8) is 0 Å². The minimum absolute atomic E-state index is 0.0390. The largest absolute Gasteiger partial charge is 0.487 e. The van der Waals surface area contributed by atoms with E-state index in [-0.39, 0.29) is 18.9 Å². The van der Waals surface area contributed by atoms with Gasteiger partial charge in [-0.15, -0.1) is 0 Å². The molecule has 3 aromatic carbocycles. The van der Waals surface area contributed by atoms with Gasteiger partial charge in [-0.05, 0) is 48.2 Å². The Labute approximate surface area is 210 Å². The van der Waals surface area contributed by atoms with Gasteiger partial charge in [0.25, 0.3) is 0 Å². The number of nitrogens with two attached hydrogens (primary N) is 1. The van der Waals surface area contributed by atoms with E-state index in [1.54, 1.807) is 12.1 Å². The Bertz CT molecular complexity index is 1420. The number of hydrogen-bond acceptors (Lipinski definition) is 4. The molecule has 1 aromatic heterocycles. The van der Waals surface area contributed by atoms with E-state index in [0.717, 1.165) is 40.6 Å². The summed E-state index contributed by atoms with van der Waals surface area (Å²) in [5.41, 5.74) is 10.9. The summed E-state index contributed by atoms with van der Waals surface area (Å²) in [5.74, 6) is -0.293. The highest BCUT2D eigenvalue weighted by atomic mass is 16.5. The Morgan fingerprint density at radius 1 is 1.03 bits per heavy atom. The molecule has 0 spiro atoms. The van der Waals surface area contributed by atoms with Crippen molar-refractivity contribution in [1.82, 2.24) is 9.78 Å². The quantitative estimate of drug-likeness (QED) is 0.220. The summed E-state index contributed by atoms with van der Waals surface area (Å²) in [7, 11) is 0. The van der Waals surface area contributed by atoms with E-state index in [4.69, 9.17) is 21.0 Å². The number of carbonyl (C=O) groups is 1. The van der Waals surface area contributed by atoms with Crippen LogP contribution in [0.3, 0.4) is 0 Å². The van der Waals surface area contributed by atoms with Gasteiger partial charge in [0, 0.05) is 16.5 Å². The second-order valence-electron chi connectivity index (χ2n) is 9.38. The van der Waals surface area contributed by atoms with E-state index in [9.17, 15) is 9.90 Å². The number of benzene rings is 3. The van der Waals surface area contributed by atoms with Crippen LogP contribution in [0.15, 0.2) is 66.7 Å². The monoisotopic (exact) mass is 482 g/mol. The highest BCUT2D eigenvalue weighted by Gasteiger charge is 2.21. The van der Waals surface area contributed by atoms with Crippen molar-refractivity contribution >= 4 is 22.7 Å². The van der Waals surface area contributed by atoms with Gasteiger partial charge in [0.1, 0.15) is 23.9 Å². The zero-order chi connectivity index (χ0) is 25.1. The topological polar surface area (TPSA) is 114 Å². The number of nitrogens with zero attached hydrogens (tertiary/aromatic N) is 2. The summed E-state index contributed by atoms with van der Waals surface area (Å²) >= 11 is 0. The molecule has 7 nitrogen and oxygen atoms in total. The smallest absolute Gasteiger partial charge is 0.307 e. The standard InChI is InChI=1S/C29H30N4O3/c30-29(31)22-9-6-8-19(15-22)20-13-14-26-24(16-20)25(32-33(26)23-10-2-1-3-11-23)18-36-27-12-5-4-7-21(27)17-28(34)35/h4-9,12-16,23H,1-3,10-11,17-18H2,(H3,30,31)(H,34,35). The molecule has 4 N–H and O–H groups in total. The van der Waals surface area contributed by atoms with Crippen LogP contribution in [-0.4, -0.2) is 26.7 Å². The maximum Gasteiger partial charge on any atom is 0.307 e. The van der Waals surface area contributed by atoms with Crippen LogP contribution >= 0.6 is 0 Å². The zero-order valence-corrected chi connectivity index (χ0v) is 20.1. The Kier molecular flexibility index (Phi) is 6.71. The summed E-state index contributed by atoms with van der Waals surface area (Å²) < 4.78 is 8.30. The van der Waals surface area contributed by atoms with Crippen molar-refractivity contribution in [3.05, 3.63) is 83.6 Å². The number of amidine groups is 1. The first-order valence-electron chi connectivity index (χ1n) is 12.4. The molecule has 1 fully saturated rings. The van der Waals surface area contributed by atoms with E-state index in [2.05, 4.69) is 22.9 Å². The van der Waals surface area contributed by atoms with Gasteiger partial charge in [0.05, 0.1) is 18.0 Å². The third-order valence-corrected chi connectivity index (χ3v) is 6.89. The van der Waals surface area contributed by atoms with Crippen LogP contribution < -0.4 is 10.5 Å². The molecule has 1 saturated carbocycles. The number of aliphatic carboxylic acids is 1. The van der Waals surface area contributed by atoms with Gasteiger partial charge >= 0.3 is 5.97 Å². The van der Waals surface area contributed by atoms with E-state index in [0.29, 0.717) is 22.9 Å². The van der Waals surface area contributed by atoms with Crippen molar-refractivity contribution in [3.8, 4) is 16.9 Å². The number of ether oxygens (including phenoxy) is 1. The predicted octanol–water partition coefficient (Wildman–Crippen LogP) is 5.70. The van der Waals surface area contributed by atoms with Crippen LogP contribution in [0.2, 0.25) is 0 Å². The second-order valence-corrected chi connectivity index (χ2v) is 9.38. The van der Waals surface area contributed by atoms with E-state index in [1.807, 2.05) is 36.4 Å². The molecule has 0 atom stereocenters. The number of fused-ring (bicyclic) bond motifs is 1. The lowest BCUT2D eigenvalue weighted by atomic mass is 9.95. The molecule has 0 amide bonds. The Morgan fingerprint density at radius 3 is 2.58 bits per heavy atom. The van der Waals surface area contributed by atoms with Crippen molar-refractivity contribution in [2.75, 3.05) is 0 Å². The van der Waals surface area contributed by atoms with Crippen molar-refractivity contribution < 1.29 is 14.6 Å². The maximum absolute atomic E-state index is 11.3. The van der Waals surface area contributed by atoms with Crippen LogP contribution in [0.5, 0.6) is 5.75 Å². The molecule has 1 heterocycles. The summed E-state index contributed by atoms with van der Waals surface area (Å²) in [4.78, 5) is 11.3. The summed E-state index contributed by atoms with van der Waals surface area (Å²) in [5, 5.41) is 23.1.